The number of rotatable bonds is 10. The molecule has 2 amide bonds. The highest BCUT2D eigenvalue weighted by Crippen LogP contribution is 2.39. The molecule has 2 aromatic carbocycles. The molecule has 1 unspecified atom stereocenters. The van der Waals surface area contributed by atoms with Gasteiger partial charge in [-0.1, -0.05) is 33.4 Å². The van der Waals surface area contributed by atoms with Crippen molar-refractivity contribution in [1.29, 1.82) is 0 Å². The van der Waals surface area contributed by atoms with Crippen LogP contribution in [0, 0.1) is 12.8 Å². The maximum Gasteiger partial charge on any atom is 0.410 e. The van der Waals surface area contributed by atoms with Crippen LogP contribution in [-0.4, -0.2) is 82.0 Å². The highest BCUT2D eigenvalue weighted by molar-refractivity contribution is 7.92. The van der Waals surface area contributed by atoms with E-state index in [2.05, 4.69) is 26.9 Å². The fourth-order valence-corrected chi connectivity index (χ4v) is 6.30. The first-order chi connectivity index (χ1) is 25.2. The van der Waals surface area contributed by atoms with Crippen molar-refractivity contribution in [2.45, 2.75) is 65.9 Å². The molecule has 1 fully saturated rings. The normalized spacial score (nSPS) is 18.3. The Balaban J connectivity index is 1.62. The lowest BCUT2D eigenvalue weighted by atomic mass is 9.86. The first kappa shape index (κ1) is 41.6. The molecule has 292 valence electrons. The Bertz CT molecular complexity index is 2010. The topological polar surface area (TPSA) is 186 Å². The third-order valence-corrected chi connectivity index (χ3v) is 8.97. The second-order valence-electron chi connectivity index (χ2n) is 15.3. The molecule has 0 spiro atoms. The first-order valence-electron chi connectivity index (χ1n) is 17.6. The summed E-state index contributed by atoms with van der Waals surface area (Å²) < 4.78 is 43.9. The van der Waals surface area contributed by atoms with Gasteiger partial charge in [0.15, 0.2) is 5.75 Å². The number of aryl methyl sites for hydroxylation is 1. The Morgan fingerprint density at radius 3 is 2.43 bits per heavy atom. The lowest BCUT2D eigenvalue weighted by Gasteiger charge is -2.28. The lowest BCUT2D eigenvalue weighted by Crippen LogP contribution is -2.40. The van der Waals surface area contributed by atoms with Gasteiger partial charge in [0.05, 0.1) is 43.7 Å². The number of carbonyl (C=O) groups excluding carboxylic acids is 2. The van der Waals surface area contributed by atoms with Crippen LogP contribution in [0.2, 0.25) is 0 Å². The Labute approximate surface area is 318 Å². The van der Waals surface area contributed by atoms with Gasteiger partial charge in [0, 0.05) is 42.2 Å². The molecule has 0 aromatic heterocycles. The van der Waals surface area contributed by atoms with E-state index < -0.39 is 21.5 Å². The fourth-order valence-electron chi connectivity index (χ4n) is 5.75. The molecule has 0 saturated carbocycles. The number of aliphatic imine (C=N–C) groups is 2. The summed E-state index contributed by atoms with van der Waals surface area (Å²) in [4.78, 5) is 37.5. The van der Waals surface area contributed by atoms with Crippen LogP contribution in [-0.2, 0) is 24.9 Å². The molecule has 0 bridgehead atoms. The quantitative estimate of drug-likeness (QED) is 0.215. The van der Waals surface area contributed by atoms with Crippen LogP contribution < -0.4 is 25.8 Å². The van der Waals surface area contributed by atoms with Crippen molar-refractivity contribution in [2.75, 3.05) is 55.0 Å². The van der Waals surface area contributed by atoms with E-state index in [9.17, 15) is 18.0 Å². The summed E-state index contributed by atoms with van der Waals surface area (Å²) in [5, 5.41) is 6.12. The fraction of sp³-hybridized carbons (Fsp3) is 0.436. The second kappa shape index (κ2) is 16.9. The lowest BCUT2D eigenvalue weighted by molar-refractivity contribution is 0.0234. The van der Waals surface area contributed by atoms with Crippen molar-refractivity contribution in [2.24, 2.45) is 21.6 Å². The van der Waals surface area contributed by atoms with Gasteiger partial charge < -0.3 is 35.5 Å². The van der Waals surface area contributed by atoms with E-state index in [-0.39, 0.29) is 34.7 Å². The number of hydrogen-bond donors (Lipinski definition) is 4. The molecule has 2 aliphatic rings. The van der Waals surface area contributed by atoms with E-state index in [1.54, 1.807) is 41.3 Å². The van der Waals surface area contributed by atoms with Crippen molar-refractivity contribution in [3.63, 3.8) is 0 Å². The number of anilines is 3. The number of nitrogens with one attached hydrogen (secondary N) is 3. The Morgan fingerprint density at radius 1 is 1.09 bits per heavy atom. The van der Waals surface area contributed by atoms with Gasteiger partial charge in [0.1, 0.15) is 17.1 Å². The number of carbonyl (C=O) groups is 2. The van der Waals surface area contributed by atoms with Gasteiger partial charge >= 0.3 is 6.09 Å². The van der Waals surface area contributed by atoms with Crippen LogP contribution in [0.5, 0.6) is 5.75 Å². The molecular weight excluding hydrogens is 711 g/mol. The Kier molecular flexibility index (Phi) is 13.0. The highest BCUT2D eigenvalue weighted by Gasteiger charge is 2.28. The van der Waals surface area contributed by atoms with Gasteiger partial charge in [-0.2, -0.15) is 0 Å². The summed E-state index contributed by atoms with van der Waals surface area (Å²) >= 11 is 0. The molecule has 4 rings (SSSR count). The van der Waals surface area contributed by atoms with Gasteiger partial charge in [-0.15, -0.1) is 0 Å². The van der Waals surface area contributed by atoms with E-state index in [1.807, 2.05) is 54.5 Å². The predicted molar refractivity (Wildman–Crippen MR) is 215 cm³/mol. The van der Waals surface area contributed by atoms with Crippen molar-refractivity contribution < 1.29 is 32.2 Å². The maximum atomic E-state index is 13.7. The number of methoxy groups -OCH3 is 1. The monoisotopic (exact) mass is 763 g/mol. The first-order valence-corrected chi connectivity index (χ1v) is 19.5. The average Bonchev–Trinajstić information content (AvgIpc) is 3.30. The van der Waals surface area contributed by atoms with E-state index >= 15 is 0 Å². The summed E-state index contributed by atoms with van der Waals surface area (Å²) in [6.07, 6.45) is 6.24. The number of ether oxygens (including phenoxy) is 3. The van der Waals surface area contributed by atoms with Gasteiger partial charge in [0.2, 0.25) is 10.0 Å². The van der Waals surface area contributed by atoms with Gasteiger partial charge in [0.25, 0.3) is 5.91 Å². The van der Waals surface area contributed by atoms with Gasteiger partial charge in [-0.3, -0.25) is 14.5 Å². The summed E-state index contributed by atoms with van der Waals surface area (Å²) in [5.74, 6) is -0.140. The molecule has 1 atom stereocenters. The van der Waals surface area contributed by atoms with E-state index in [1.165, 1.54) is 13.3 Å². The second-order valence-corrected chi connectivity index (χ2v) is 17.1. The number of benzene rings is 2. The van der Waals surface area contributed by atoms with Crippen molar-refractivity contribution in [3.8, 4) is 5.75 Å². The summed E-state index contributed by atoms with van der Waals surface area (Å²) in [6.45, 7) is 18.8. The van der Waals surface area contributed by atoms with Crippen LogP contribution in [0.4, 0.5) is 21.9 Å². The van der Waals surface area contributed by atoms with Crippen molar-refractivity contribution >= 4 is 50.5 Å². The highest BCUT2D eigenvalue weighted by atomic mass is 32.2. The summed E-state index contributed by atoms with van der Waals surface area (Å²) in [6, 6.07) is 8.58. The summed E-state index contributed by atoms with van der Waals surface area (Å²) in [5.41, 5.74) is 10.2. The molecule has 15 heteroatoms. The van der Waals surface area contributed by atoms with Gasteiger partial charge in [-0.05, 0) is 87.1 Å². The molecule has 2 aliphatic heterocycles. The molecule has 54 heavy (non-hydrogen) atoms. The minimum atomic E-state index is -3.65. The minimum absolute atomic E-state index is 0.0462. The van der Waals surface area contributed by atoms with E-state index in [4.69, 9.17) is 24.9 Å². The van der Waals surface area contributed by atoms with Crippen LogP contribution >= 0.6 is 0 Å². The van der Waals surface area contributed by atoms with E-state index in [0.29, 0.717) is 61.1 Å². The Morgan fingerprint density at radius 2 is 1.80 bits per heavy atom. The third-order valence-electron chi connectivity index (χ3n) is 8.38. The number of nitrogens with two attached hydrogens (primary N) is 1. The number of allylic oxidation sites excluding steroid dienone is 2. The predicted octanol–water partition coefficient (Wildman–Crippen LogP) is 6.33. The molecule has 1 saturated heterocycles. The zero-order chi connectivity index (χ0) is 40.0. The number of dihydropyridines is 1. The maximum absolute atomic E-state index is 13.7. The minimum Gasteiger partial charge on any atom is -0.492 e. The molecule has 14 nitrogen and oxygen atoms in total. The SMILES string of the molecule is C=C/N=C1/C=CC(CC2COCCN(C(=O)OC(C)(C)C)C2)=N/C1=C(/N)Nc1cc(C(=O)Nc2cc(C(C)(C)C)cc(NS(C)(=O)=O)c2OC)ccc1C. The number of sulfonamides is 1. The number of amides is 2. The largest absolute Gasteiger partial charge is 0.492 e. The van der Waals surface area contributed by atoms with Crippen molar-refractivity contribution in [3.05, 3.63) is 83.5 Å². The zero-order valence-corrected chi connectivity index (χ0v) is 33.4. The van der Waals surface area contributed by atoms with Gasteiger partial charge in [-0.25, -0.2) is 18.2 Å². The number of nitrogens with zero attached hydrogens (tertiary/aromatic N) is 3. The Hall–Kier alpha value is -5.15. The summed E-state index contributed by atoms with van der Waals surface area (Å²) in [7, 11) is -2.25. The standard InChI is InChI=1S/C39H53N7O7S/c1-11-41-29-15-14-28(18-25-22-46(16-17-52-23-25)37(48)53-39(6,7)8)42-33(29)35(40)43-30-19-26(13-12-24(30)2)36(47)44-31-20-27(38(3,4)5)21-32(34(31)51-9)45-54(10,49)50/h11-15,19-21,25,43,45H,1,16-18,22-23,40H2,2-10H3,(H,44,47)/b35-33-,41-29-. The molecule has 0 radical (unpaired) electrons. The molecule has 2 heterocycles. The molecule has 5 N–H and O–H groups in total. The van der Waals surface area contributed by atoms with Crippen LogP contribution in [0.3, 0.4) is 0 Å². The smallest absolute Gasteiger partial charge is 0.410 e. The van der Waals surface area contributed by atoms with Crippen LogP contribution in [0.15, 0.2) is 76.8 Å². The molecular formula is C39H53N7O7S. The molecule has 0 aliphatic carbocycles. The van der Waals surface area contributed by atoms with Crippen LogP contribution in [0.1, 0.15) is 69.4 Å². The van der Waals surface area contributed by atoms with Crippen LogP contribution in [0.25, 0.3) is 0 Å². The average molecular weight is 764 g/mol. The third kappa shape index (κ3) is 11.4. The molecule has 2 aromatic rings. The number of hydrogen-bond acceptors (Lipinski definition) is 11. The van der Waals surface area contributed by atoms with Crippen molar-refractivity contribution in [1.82, 2.24) is 4.90 Å². The zero-order valence-electron chi connectivity index (χ0n) is 32.6. The van der Waals surface area contributed by atoms with E-state index in [0.717, 1.165) is 23.1 Å².